The number of hydrogen-bond donors (Lipinski definition) is 1. The maximum atomic E-state index is 14.5. The van der Waals surface area contributed by atoms with Crippen LogP contribution in [0.3, 0.4) is 0 Å². The number of aromatic nitrogens is 2. The standard InChI is InChI=1S/C16H19FN4O3/c1-3-20-9-11(16(23)24)13(22)10-8-12(17)15(18-14(10)20)21-6-4-19(2)5-7-21/h8-9H,3-7H2,1-2H3,(H,23,24). The zero-order valence-corrected chi connectivity index (χ0v) is 13.6. The fraction of sp³-hybridized carbons (Fsp3) is 0.438. The number of aryl methyl sites for hydroxylation is 1. The van der Waals surface area contributed by atoms with Gasteiger partial charge in [-0.1, -0.05) is 0 Å². The number of hydrogen-bond acceptors (Lipinski definition) is 5. The Labute approximate surface area is 137 Å². The van der Waals surface area contributed by atoms with Crippen LogP contribution in [-0.4, -0.2) is 58.8 Å². The minimum absolute atomic E-state index is 0.00729. The number of carbonyl (C=O) groups is 1. The molecule has 7 nitrogen and oxygen atoms in total. The number of piperazine rings is 1. The van der Waals surface area contributed by atoms with Crippen molar-refractivity contribution < 1.29 is 14.3 Å². The maximum absolute atomic E-state index is 14.5. The molecular formula is C16H19FN4O3. The van der Waals surface area contributed by atoms with Gasteiger partial charge in [0, 0.05) is 38.9 Å². The number of aromatic carboxylic acids is 1. The van der Waals surface area contributed by atoms with Crippen LogP contribution in [0.2, 0.25) is 0 Å². The summed E-state index contributed by atoms with van der Waals surface area (Å²) >= 11 is 0. The molecule has 0 radical (unpaired) electrons. The number of rotatable bonds is 3. The second kappa shape index (κ2) is 6.20. The second-order valence-corrected chi connectivity index (χ2v) is 5.92. The van der Waals surface area contributed by atoms with Crippen molar-refractivity contribution in [3.8, 4) is 0 Å². The molecule has 1 aliphatic rings. The number of anilines is 1. The highest BCUT2D eigenvalue weighted by Crippen LogP contribution is 2.22. The third-order valence-electron chi connectivity index (χ3n) is 4.36. The number of fused-ring (bicyclic) bond motifs is 1. The van der Waals surface area contributed by atoms with Crippen LogP contribution in [0.25, 0.3) is 11.0 Å². The smallest absolute Gasteiger partial charge is 0.341 e. The highest BCUT2D eigenvalue weighted by molar-refractivity contribution is 5.92. The molecule has 8 heteroatoms. The third kappa shape index (κ3) is 2.73. The van der Waals surface area contributed by atoms with E-state index in [-0.39, 0.29) is 16.8 Å². The predicted molar refractivity (Wildman–Crippen MR) is 88.3 cm³/mol. The van der Waals surface area contributed by atoms with Gasteiger partial charge in [0.05, 0.1) is 5.39 Å². The highest BCUT2D eigenvalue weighted by atomic mass is 19.1. The molecular weight excluding hydrogens is 315 g/mol. The Balaban J connectivity index is 2.18. The molecule has 1 N–H and O–H groups in total. The lowest BCUT2D eigenvalue weighted by molar-refractivity contribution is 0.0695. The van der Waals surface area contributed by atoms with Crippen LogP contribution in [0.1, 0.15) is 17.3 Å². The Hall–Kier alpha value is -2.48. The number of pyridine rings is 2. The van der Waals surface area contributed by atoms with Gasteiger partial charge < -0.3 is 19.5 Å². The zero-order chi connectivity index (χ0) is 17.4. The van der Waals surface area contributed by atoms with Crippen LogP contribution in [0, 0.1) is 5.82 Å². The summed E-state index contributed by atoms with van der Waals surface area (Å²) in [5.41, 5.74) is -0.778. The van der Waals surface area contributed by atoms with Crippen molar-refractivity contribution in [2.45, 2.75) is 13.5 Å². The molecule has 0 aliphatic carbocycles. The number of nitrogens with zero attached hydrogens (tertiary/aromatic N) is 4. The van der Waals surface area contributed by atoms with Gasteiger partial charge in [0.2, 0.25) is 5.43 Å². The van der Waals surface area contributed by atoms with Crippen molar-refractivity contribution in [2.24, 2.45) is 0 Å². The Morgan fingerprint density at radius 3 is 2.58 bits per heavy atom. The summed E-state index contributed by atoms with van der Waals surface area (Å²) in [7, 11) is 2.00. The van der Waals surface area contributed by atoms with Crippen molar-refractivity contribution in [2.75, 3.05) is 38.1 Å². The molecule has 0 unspecified atom stereocenters. The summed E-state index contributed by atoms with van der Waals surface area (Å²) in [6, 6.07) is 1.11. The molecule has 128 valence electrons. The Bertz CT molecular complexity index is 857. The van der Waals surface area contributed by atoms with E-state index < -0.39 is 17.2 Å². The number of halogens is 1. The maximum Gasteiger partial charge on any atom is 0.341 e. The van der Waals surface area contributed by atoms with Crippen LogP contribution in [0.4, 0.5) is 10.2 Å². The van der Waals surface area contributed by atoms with Gasteiger partial charge in [-0.05, 0) is 20.0 Å². The average Bonchev–Trinajstić information content (AvgIpc) is 2.56. The minimum Gasteiger partial charge on any atom is -0.477 e. The molecule has 1 saturated heterocycles. The minimum atomic E-state index is -1.33. The zero-order valence-electron chi connectivity index (χ0n) is 13.6. The fourth-order valence-electron chi connectivity index (χ4n) is 2.91. The van der Waals surface area contributed by atoms with E-state index in [2.05, 4.69) is 9.88 Å². The molecule has 0 bridgehead atoms. The van der Waals surface area contributed by atoms with Crippen LogP contribution < -0.4 is 10.3 Å². The van der Waals surface area contributed by atoms with Crippen LogP contribution in [0.15, 0.2) is 17.1 Å². The molecule has 24 heavy (non-hydrogen) atoms. The topological polar surface area (TPSA) is 78.7 Å². The third-order valence-corrected chi connectivity index (χ3v) is 4.36. The van der Waals surface area contributed by atoms with E-state index in [0.717, 1.165) is 19.2 Å². The Morgan fingerprint density at radius 2 is 2.00 bits per heavy atom. The molecule has 0 atom stereocenters. The molecule has 1 aliphatic heterocycles. The first kappa shape index (κ1) is 16.4. The molecule has 2 aromatic rings. The molecule has 0 aromatic carbocycles. The summed E-state index contributed by atoms with van der Waals surface area (Å²) in [6.45, 7) is 5.15. The van der Waals surface area contributed by atoms with Crippen molar-refractivity contribution in [1.82, 2.24) is 14.5 Å². The summed E-state index contributed by atoms with van der Waals surface area (Å²) in [5.74, 6) is -1.72. The lowest BCUT2D eigenvalue weighted by Gasteiger charge is -2.33. The van der Waals surface area contributed by atoms with Gasteiger partial charge >= 0.3 is 5.97 Å². The van der Waals surface area contributed by atoms with E-state index in [1.54, 1.807) is 4.57 Å². The van der Waals surface area contributed by atoms with E-state index in [1.807, 2.05) is 18.9 Å². The highest BCUT2D eigenvalue weighted by Gasteiger charge is 2.22. The van der Waals surface area contributed by atoms with E-state index in [4.69, 9.17) is 5.11 Å². The molecule has 3 rings (SSSR count). The first-order valence-electron chi connectivity index (χ1n) is 7.82. The quantitative estimate of drug-likeness (QED) is 0.902. The lowest BCUT2D eigenvalue weighted by atomic mass is 10.2. The Morgan fingerprint density at radius 1 is 1.33 bits per heavy atom. The summed E-state index contributed by atoms with van der Waals surface area (Å²) < 4.78 is 16.1. The summed E-state index contributed by atoms with van der Waals surface area (Å²) in [6.07, 6.45) is 1.27. The van der Waals surface area contributed by atoms with Crippen molar-refractivity contribution >= 4 is 22.8 Å². The summed E-state index contributed by atoms with van der Waals surface area (Å²) in [5, 5.41) is 9.15. The SMILES string of the molecule is CCn1cc(C(=O)O)c(=O)c2cc(F)c(N3CCN(C)CC3)nc21. The predicted octanol–water partition coefficient (Wildman–Crippen LogP) is 1.01. The van der Waals surface area contributed by atoms with E-state index in [0.29, 0.717) is 25.3 Å². The van der Waals surface area contributed by atoms with E-state index >= 15 is 0 Å². The van der Waals surface area contributed by atoms with Gasteiger partial charge in [-0.15, -0.1) is 0 Å². The largest absolute Gasteiger partial charge is 0.477 e. The van der Waals surface area contributed by atoms with Crippen LogP contribution >= 0.6 is 0 Å². The monoisotopic (exact) mass is 334 g/mol. The molecule has 1 fully saturated rings. The van der Waals surface area contributed by atoms with Gasteiger partial charge in [-0.3, -0.25) is 4.79 Å². The molecule has 0 amide bonds. The molecule has 3 heterocycles. The first-order valence-corrected chi connectivity index (χ1v) is 7.82. The number of carboxylic acids is 1. The van der Waals surface area contributed by atoms with E-state index in [9.17, 15) is 14.0 Å². The molecule has 2 aromatic heterocycles. The van der Waals surface area contributed by atoms with Gasteiger partial charge in [-0.25, -0.2) is 14.2 Å². The lowest BCUT2D eigenvalue weighted by Crippen LogP contribution is -2.45. The van der Waals surface area contributed by atoms with Crippen LogP contribution in [-0.2, 0) is 6.54 Å². The van der Waals surface area contributed by atoms with E-state index in [1.165, 1.54) is 6.20 Å². The van der Waals surface area contributed by atoms with Crippen molar-refractivity contribution in [3.05, 3.63) is 33.9 Å². The van der Waals surface area contributed by atoms with Gasteiger partial charge in [0.1, 0.15) is 11.2 Å². The molecule has 0 saturated carbocycles. The fourth-order valence-corrected chi connectivity index (χ4v) is 2.91. The van der Waals surface area contributed by atoms with Crippen LogP contribution in [0.5, 0.6) is 0 Å². The van der Waals surface area contributed by atoms with Gasteiger partial charge in [0.25, 0.3) is 0 Å². The van der Waals surface area contributed by atoms with Crippen molar-refractivity contribution in [3.63, 3.8) is 0 Å². The van der Waals surface area contributed by atoms with Crippen molar-refractivity contribution in [1.29, 1.82) is 0 Å². The number of carboxylic acid groups (broad SMARTS) is 1. The second-order valence-electron chi connectivity index (χ2n) is 5.92. The number of likely N-dealkylation sites (N-methyl/N-ethyl adjacent to an activating group) is 1. The normalized spacial score (nSPS) is 15.9. The van der Waals surface area contributed by atoms with Gasteiger partial charge in [-0.2, -0.15) is 0 Å². The Kier molecular flexibility index (Phi) is 4.23. The average molecular weight is 334 g/mol. The summed E-state index contributed by atoms with van der Waals surface area (Å²) in [4.78, 5) is 31.9. The first-order chi connectivity index (χ1) is 11.4. The molecule has 0 spiro atoms. The van der Waals surface area contributed by atoms with Gasteiger partial charge in [0.15, 0.2) is 11.6 Å².